The third-order valence-corrected chi connectivity index (χ3v) is 10.1. The molecule has 0 N–H and O–H groups in total. The molecule has 0 amide bonds. The highest BCUT2D eigenvalue weighted by Crippen LogP contribution is 2.30. The molecule has 2 aromatic carbocycles. The Kier molecular flexibility index (Phi) is 5.63. The predicted molar refractivity (Wildman–Crippen MR) is 115 cm³/mol. The van der Waals surface area contributed by atoms with Gasteiger partial charge in [0.2, 0.25) is 0 Å². The quantitative estimate of drug-likeness (QED) is 0.705. The molecule has 2 aliphatic rings. The van der Waals surface area contributed by atoms with Crippen LogP contribution in [-0.2, 0) is 19.7 Å². The van der Waals surface area contributed by atoms with Gasteiger partial charge in [-0.1, -0.05) is 29.8 Å². The molecule has 0 unspecified atom stereocenters. The monoisotopic (exact) mass is 452 g/mol. The smallest absolute Gasteiger partial charge is 0.183 e. The molecule has 2 saturated heterocycles. The van der Waals surface area contributed by atoms with Crippen LogP contribution in [0.3, 0.4) is 0 Å². The van der Waals surface area contributed by atoms with E-state index in [0.717, 1.165) is 5.56 Å². The second-order valence-electron chi connectivity index (χ2n) is 8.02. The zero-order valence-electron chi connectivity index (χ0n) is 16.7. The highest BCUT2D eigenvalue weighted by Gasteiger charge is 2.48. The minimum Gasteiger partial charge on any atom is -0.367 e. The lowest BCUT2D eigenvalue weighted by Crippen LogP contribution is -2.55. The van der Waals surface area contributed by atoms with Gasteiger partial charge in [0.1, 0.15) is 5.82 Å². The number of sulfone groups is 2. The highest BCUT2D eigenvalue weighted by molar-refractivity contribution is 7.96. The Morgan fingerprint density at radius 2 is 1.57 bits per heavy atom. The number of piperazine rings is 1. The van der Waals surface area contributed by atoms with E-state index in [-0.39, 0.29) is 22.2 Å². The molecule has 2 heterocycles. The van der Waals surface area contributed by atoms with Crippen molar-refractivity contribution in [1.82, 2.24) is 4.90 Å². The van der Waals surface area contributed by atoms with E-state index in [4.69, 9.17) is 0 Å². The summed E-state index contributed by atoms with van der Waals surface area (Å²) in [4.78, 5) is 4.02. The first-order valence-corrected chi connectivity index (χ1v) is 13.3. The molecule has 2 aliphatic heterocycles. The number of aryl methyl sites for hydroxylation is 1. The summed E-state index contributed by atoms with van der Waals surface area (Å²) < 4.78 is 65.4. The molecule has 0 spiro atoms. The molecular weight excluding hydrogens is 427 g/mol. The second kappa shape index (κ2) is 7.94. The van der Waals surface area contributed by atoms with Crippen LogP contribution in [0.1, 0.15) is 5.56 Å². The summed E-state index contributed by atoms with van der Waals surface area (Å²) in [6.07, 6.45) is 0. The minimum atomic E-state index is -3.79. The van der Waals surface area contributed by atoms with Gasteiger partial charge in [-0.15, -0.1) is 0 Å². The number of hydrogen-bond donors (Lipinski definition) is 0. The molecule has 0 saturated carbocycles. The number of hydrogen-bond acceptors (Lipinski definition) is 6. The second-order valence-corrected chi connectivity index (χ2v) is 12.3. The van der Waals surface area contributed by atoms with Crippen molar-refractivity contribution in [3.63, 3.8) is 0 Å². The minimum absolute atomic E-state index is 0.158. The summed E-state index contributed by atoms with van der Waals surface area (Å²) in [7, 11) is -7.25. The fourth-order valence-electron chi connectivity index (χ4n) is 4.34. The normalized spacial score (nSPS) is 24.8. The van der Waals surface area contributed by atoms with Crippen LogP contribution in [0.25, 0.3) is 0 Å². The number of benzene rings is 2. The number of para-hydroxylation sites is 1. The van der Waals surface area contributed by atoms with Crippen LogP contribution in [0.5, 0.6) is 0 Å². The van der Waals surface area contributed by atoms with Crippen molar-refractivity contribution < 1.29 is 21.2 Å². The van der Waals surface area contributed by atoms with Crippen LogP contribution < -0.4 is 4.90 Å². The summed E-state index contributed by atoms with van der Waals surface area (Å²) in [5, 5.41) is -0.995. The fraction of sp³-hybridized carbons (Fsp3) is 0.429. The Hall–Kier alpha value is -1.97. The molecule has 9 heteroatoms. The number of halogens is 1. The van der Waals surface area contributed by atoms with E-state index in [2.05, 4.69) is 0 Å². The SMILES string of the molecule is Cc1ccc(S(=O)(=O)[C@H]2CS(=O)(=O)C[C@@H]2N2CCN(c3ccccc3F)CC2)cc1. The Balaban J connectivity index is 1.55. The van der Waals surface area contributed by atoms with Gasteiger partial charge >= 0.3 is 0 Å². The third kappa shape index (κ3) is 4.10. The van der Waals surface area contributed by atoms with Gasteiger partial charge < -0.3 is 4.90 Å². The van der Waals surface area contributed by atoms with Crippen LogP contribution in [0, 0.1) is 12.7 Å². The van der Waals surface area contributed by atoms with E-state index < -0.39 is 31.0 Å². The van der Waals surface area contributed by atoms with Crippen molar-refractivity contribution in [2.24, 2.45) is 0 Å². The molecule has 30 heavy (non-hydrogen) atoms. The first kappa shape index (κ1) is 21.3. The zero-order valence-corrected chi connectivity index (χ0v) is 18.4. The van der Waals surface area contributed by atoms with Crippen molar-refractivity contribution in [1.29, 1.82) is 0 Å². The molecule has 162 valence electrons. The summed E-state index contributed by atoms with van der Waals surface area (Å²) in [6.45, 7) is 3.85. The van der Waals surface area contributed by atoms with Gasteiger partial charge in [0.05, 0.1) is 27.3 Å². The van der Waals surface area contributed by atoms with Gasteiger partial charge in [0.15, 0.2) is 19.7 Å². The molecule has 2 fully saturated rings. The lowest BCUT2D eigenvalue weighted by molar-refractivity contribution is 0.201. The van der Waals surface area contributed by atoms with Gasteiger partial charge in [-0.3, -0.25) is 4.90 Å². The fourth-order valence-corrected chi connectivity index (χ4v) is 9.17. The first-order valence-electron chi connectivity index (χ1n) is 9.92. The molecular formula is C21H25FN2O4S2. The standard InChI is InChI=1S/C21H25FN2O4S2/c1-16-6-8-17(9-7-16)30(27,28)21-15-29(25,26)14-20(21)24-12-10-23(11-13-24)19-5-3-2-4-18(19)22/h2-9,20-21H,10-15H2,1H3/t20-,21-/m0/s1. The average Bonchev–Trinajstić information content (AvgIpc) is 3.05. The zero-order chi connectivity index (χ0) is 21.5. The molecule has 0 aliphatic carbocycles. The van der Waals surface area contributed by atoms with Gasteiger partial charge in [0, 0.05) is 32.2 Å². The third-order valence-electron chi connectivity index (χ3n) is 6.00. The first-order chi connectivity index (χ1) is 14.2. The molecule has 6 nitrogen and oxygen atoms in total. The number of anilines is 1. The summed E-state index contributed by atoms with van der Waals surface area (Å²) in [5.74, 6) is -0.821. The van der Waals surface area contributed by atoms with Crippen LogP contribution in [0.15, 0.2) is 53.4 Å². The van der Waals surface area contributed by atoms with Crippen LogP contribution >= 0.6 is 0 Å². The summed E-state index contributed by atoms with van der Waals surface area (Å²) >= 11 is 0. The molecule has 0 aromatic heterocycles. The van der Waals surface area contributed by atoms with Crippen LogP contribution in [-0.4, -0.2) is 70.7 Å². The van der Waals surface area contributed by atoms with E-state index in [1.54, 1.807) is 42.5 Å². The van der Waals surface area contributed by atoms with E-state index in [1.165, 1.54) is 6.07 Å². The largest absolute Gasteiger partial charge is 0.367 e. The van der Waals surface area contributed by atoms with Crippen molar-refractivity contribution in [2.45, 2.75) is 23.1 Å². The lowest BCUT2D eigenvalue weighted by atomic mass is 10.1. The van der Waals surface area contributed by atoms with E-state index >= 15 is 0 Å². The van der Waals surface area contributed by atoms with Crippen molar-refractivity contribution in [3.8, 4) is 0 Å². The van der Waals surface area contributed by atoms with E-state index in [0.29, 0.717) is 31.9 Å². The van der Waals surface area contributed by atoms with Crippen molar-refractivity contribution in [2.75, 3.05) is 42.6 Å². The van der Waals surface area contributed by atoms with Crippen LogP contribution in [0.4, 0.5) is 10.1 Å². The Labute approximate surface area is 177 Å². The molecule has 4 rings (SSSR count). The molecule has 2 aromatic rings. The predicted octanol–water partition coefficient (Wildman–Crippen LogP) is 1.90. The van der Waals surface area contributed by atoms with Crippen LogP contribution in [0.2, 0.25) is 0 Å². The lowest BCUT2D eigenvalue weighted by Gasteiger charge is -2.40. The Morgan fingerprint density at radius 1 is 0.933 bits per heavy atom. The van der Waals surface area contributed by atoms with Gasteiger partial charge in [0.25, 0.3) is 0 Å². The van der Waals surface area contributed by atoms with Gasteiger partial charge in [-0.25, -0.2) is 21.2 Å². The van der Waals surface area contributed by atoms with Gasteiger partial charge in [-0.05, 0) is 31.2 Å². The molecule has 2 atom stereocenters. The topological polar surface area (TPSA) is 74.8 Å². The molecule has 0 radical (unpaired) electrons. The maximum atomic E-state index is 14.1. The molecule has 0 bridgehead atoms. The summed E-state index contributed by atoms with van der Waals surface area (Å²) in [5.41, 5.74) is 1.45. The maximum Gasteiger partial charge on any atom is 0.183 e. The number of nitrogens with zero attached hydrogens (tertiary/aromatic N) is 2. The highest BCUT2D eigenvalue weighted by atomic mass is 32.2. The van der Waals surface area contributed by atoms with E-state index in [1.807, 2.05) is 16.7 Å². The van der Waals surface area contributed by atoms with E-state index in [9.17, 15) is 21.2 Å². The van der Waals surface area contributed by atoms with Gasteiger partial charge in [-0.2, -0.15) is 0 Å². The maximum absolute atomic E-state index is 14.1. The Bertz CT molecular complexity index is 1130. The van der Waals surface area contributed by atoms with Crippen molar-refractivity contribution >= 4 is 25.4 Å². The van der Waals surface area contributed by atoms with Crippen molar-refractivity contribution in [3.05, 3.63) is 59.9 Å². The summed E-state index contributed by atoms with van der Waals surface area (Å²) in [6, 6.07) is 12.5. The average molecular weight is 453 g/mol. The Morgan fingerprint density at radius 3 is 2.20 bits per heavy atom. The number of rotatable bonds is 4.